The molecule has 1 N–H and O–H groups in total. The van der Waals surface area contributed by atoms with Crippen molar-refractivity contribution >= 4 is 21.6 Å². The summed E-state index contributed by atoms with van der Waals surface area (Å²) in [6.45, 7) is 0.251. The molecule has 1 aliphatic rings. The summed E-state index contributed by atoms with van der Waals surface area (Å²) in [7, 11) is 1.60. The van der Waals surface area contributed by atoms with Crippen molar-refractivity contribution in [3.63, 3.8) is 0 Å². The molecule has 2 aromatic heterocycles. The van der Waals surface area contributed by atoms with Gasteiger partial charge in [-0.3, -0.25) is 9.36 Å². The van der Waals surface area contributed by atoms with Crippen molar-refractivity contribution in [1.29, 1.82) is 0 Å². The Morgan fingerprint density at radius 2 is 2.04 bits per heavy atom. The van der Waals surface area contributed by atoms with Crippen LogP contribution in [0.1, 0.15) is 16.9 Å². The number of thiophene rings is 1. The van der Waals surface area contributed by atoms with Crippen LogP contribution in [-0.2, 0) is 19.4 Å². The third-order valence-corrected chi connectivity index (χ3v) is 5.80. The molecule has 1 aromatic carbocycles. The molecule has 7 heteroatoms. The Bertz CT molecular complexity index is 978. The molecule has 0 saturated carbocycles. The van der Waals surface area contributed by atoms with Crippen LogP contribution in [0.5, 0.6) is 11.5 Å². The van der Waals surface area contributed by atoms with Crippen LogP contribution >= 0.6 is 11.3 Å². The summed E-state index contributed by atoms with van der Waals surface area (Å²) in [5, 5.41) is 11.0. The summed E-state index contributed by atoms with van der Waals surface area (Å²) in [5.74, 6) is 1.38. The number of fused-ring (bicyclic) bond motifs is 3. The van der Waals surface area contributed by atoms with Gasteiger partial charge in [-0.1, -0.05) is 0 Å². The minimum Gasteiger partial charge on any atom is -0.497 e. The van der Waals surface area contributed by atoms with Crippen molar-refractivity contribution in [2.75, 3.05) is 13.7 Å². The lowest BCUT2D eigenvalue weighted by Gasteiger charge is -2.14. The highest BCUT2D eigenvalue weighted by molar-refractivity contribution is 7.18. The topological polar surface area (TPSA) is 73.6 Å². The van der Waals surface area contributed by atoms with Crippen LogP contribution in [0.25, 0.3) is 10.2 Å². The number of hydrogen-bond acceptors (Lipinski definition) is 6. The molecule has 1 aliphatic carbocycles. The first kappa shape index (κ1) is 17.1. The molecular weight excluding hydrogens is 352 g/mol. The van der Waals surface area contributed by atoms with Crippen LogP contribution in [0.15, 0.2) is 35.4 Å². The maximum Gasteiger partial charge on any atom is 0.262 e. The van der Waals surface area contributed by atoms with Crippen molar-refractivity contribution in [2.24, 2.45) is 0 Å². The summed E-state index contributed by atoms with van der Waals surface area (Å²) in [6, 6.07) is 7.14. The van der Waals surface area contributed by atoms with E-state index in [2.05, 4.69) is 4.98 Å². The first-order valence-corrected chi connectivity index (χ1v) is 9.42. The second-order valence-corrected chi connectivity index (χ2v) is 7.46. The van der Waals surface area contributed by atoms with Crippen LogP contribution in [0, 0.1) is 0 Å². The molecule has 2 heterocycles. The van der Waals surface area contributed by atoms with E-state index in [0.717, 1.165) is 40.8 Å². The lowest BCUT2D eigenvalue weighted by atomic mass is 10.2. The number of methoxy groups -OCH3 is 1. The van der Waals surface area contributed by atoms with Gasteiger partial charge in [-0.2, -0.15) is 0 Å². The minimum atomic E-state index is -0.805. The maximum atomic E-state index is 12.8. The smallest absolute Gasteiger partial charge is 0.262 e. The zero-order valence-electron chi connectivity index (χ0n) is 14.5. The van der Waals surface area contributed by atoms with Crippen molar-refractivity contribution in [3.8, 4) is 11.5 Å². The summed E-state index contributed by atoms with van der Waals surface area (Å²) >= 11 is 1.62. The quantitative estimate of drug-likeness (QED) is 0.719. The number of ether oxygens (including phenoxy) is 2. The number of aliphatic hydroxyl groups is 1. The Hall–Kier alpha value is -2.38. The molecule has 0 fully saturated rings. The molecule has 136 valence electrons. The highest BCUT2D eigenvalue weighted by Crippen LogP contribution is 2.34. The Balaban J connectivity index is 1.46. The second-order valence-electron chi connectivity index (χ2n) is 6.38. The molecule has 0 saturated heterocycles. The van der Waals surface area contributed by atoms with Gasteiger partial charge in [0.1, 0.15) is 29.0 Å². The number of nitrogens with zero attached hydrogens (tertiary/aromatic N) is 2. The van der Waals surface area contributed by atoms with E-state index in [1.807, 2.05) is 0 Å². The normalized spacial score (nSPS) is 14.4. The predicted octanol–water partition coefficient (Wildman–Crippen LogP) is 2.40. The van der Waals surface area contributed by atoms with E-state index in [-0.39, 0.29) is 18.7 Å². The highest BCUT2D eigenvalue weighted by Gasteiger charge is 2.21. The fraction of sp³-hybridized carbons (Fsp3) is 0.368. The van der Waals surface area contributed by atoms with Gasteiger partial charge in [-0.05, 0) is 49.1 Å². The average molecular weight is 372 g/mol. The SMILES string of the molecule is COc1ccc(OC[C@H](O)Cn2cnc3sc4c(c3c2=O)CCC4)cc1. The Kier molecular flexibility index (Phi) is 4.65. The Morgan fingerprint density at radius 1 is 1.27 bits per heavy atom. The van der Waals surface area contributed by atoms with E-state index in [0.29, 0.717) is 5.75 Å². The monoisotopic (exact) mass is 372 g/mol. The molecule has 6 nitrogen and oxygen atoms in total. The molecule has 4 rings (SSSR count). The van der Waals surface area contributed by atoms with Crippen molar-refractivity contribution in [1.82, 2.24) is 9.55 Å². The summed E-state index contributed by atoms with van der Waals surface area (Å²) in [6.07, 6.45) is 3.80. The zero-order chi connectivity index (χ0) is 18.1. The second kappa shape index (κ2) is 7.09. The third kappa shape index (κ3) is 3.20. The fourth-order valence-electron chi connectivity index (χ4n) is 3.29. The van der Waals surface area contributed by atoms with Crippen molar-refractivity contribution in [3.05, 3.63) is 51.4 Å². The first-order valence-electron chi connectivity index (χ1n) is 8.60. The van der Waals surface area contributed by atoms with Gasteiger partial charge in [-0.15, -0.1) is 11.3 Å². The van der Waals surface area contributed by atoms with Crippen LogP contribution in [0.4, 0.5) is 0 Å². The number of aromatic nitrogens is 2. The van der Waals surface area contributed by atoms with Gasteiger partial charge in [0.25, 0.3) is 5.56 Å². The Morgan fingerprint density at radius 3 is 2.81 bits per heavy atom. The predicted molar refractivity (Wildman–Crippen MR) is 100 cm³/mol. The van der Waals surface area contributed by atoms with Gasteiger partial charge in [0.15, 0.2) is 0 Å². The van der Waals surface area contributed by atoms with Crippen LogP contribution in [-0.4, -0.2) is 34.5 Å². The van der Waals surface area contributed by atoms with Gasteiger partial charge in [0.2, 0.25) is 0 Å². The molecule has 0 amide bonds. The van der Waals surface area contributed by atoms with E-state index in [1.54, 1.807) is 42.7 Å². The van der Waals surface area contributed by atoms with Crippen LogP contribution in [0.3, 0.4) is 0 Å². The molecule has 0 aliphatic heterocycles. The van der Waals surface area contributed by atoms with Gasteiger partial charge in [0, 0.05) is 4.88 Å². The first-order chi connectivity index (χ1) is 12.7. The lowest BCUT2D eigenvalue weighted by Crippen LogP contribution is -2.30. The third-order valence-electron chi connectivity index (χ3n) is 4.60. The summed E-state index contributed by atoms with van der Waals surface area (Å²) in [4.78, 5) is 19.3. The number of hydrogen-bond donors (Lipinski definition) is 1. The number of aliphatic hydroxyl groups excluding tert-OH is 1. The van der Waals surface area contributed by atoms with Crippen molar-refractivity contribution < 1.29 is 14.6 Å². The van der Waals surface area contributed by atoms with E-state index < -0.39 is 6.10 Å². The molecule has 0 radical (unpaired) electrons. The van der Waals surface area contributed by atoms with E-state index in [4.69, 9.17) is 9.47 Å². The number of benzene rings is 1. The van der Waals surface area contributed by atoms with Crippen LogP contribution < -0.4 is 15.0 Å². The van der Waals surface area contributed by atoms with Crippen LogP contribution in [0.2, 0.25) is 0 Å². The van der Waals surface area contributed by atoms with E-state index >= 15 is 0 Å². The molecule has 3 aromatic rings. The highest BCUT2D eigenvalue weighted by atomic mass is 32.1. The van der Waals surface area contributed by atoms with Gasteiger partial charge < -0.3 is 14.6 Å². The Labute approximate surface area is 154 Å². The number of rotatable bonds is 6. The van der Waals surface area contributed by atoms with E-state index in [9.17, 15) is 9.90 Å². The largest absolute Gasteiger partial charge is 0.497 e. The molecule has 1 atom stereocenters. The zero-order valence-corrected chi connectivity index (χ0v) is 15.3. The molecule has 26 heavy (non-hydrogen) atoms. The lowest BCUT2D eigenvalue weighted by molar-refractivity contribution is 0.0914. The molecular formula is C19H20N2O4S. The number of aryl methyl sites for hydroxylation is 2. The minimum absolute atomic E-state index is 0.0714. The van der Waals surface area contributed by atoms with Gasteiger partial charge in [0.05, 0.1) is 25.4 Å². The summed E-state index contributed by atoms with van der Waals surface area (Å²) < 4.78 is 12.2. The maximum absolute atomic E-state index is 12.8. The fourth-order valence-corrected chi connectivity index (χ4v) is 4.51. The molecule has 0 bridgehead atoms. The average Bonchev–Trinajstić information content (AvgIpc) is 3.24. The summed E-state index contributed by atoms with van der Waals surface area (Å²) in [5.41, 5.74) is 1.08. The van der Waals surface area contributed by atoms with Gasteiger partial charge >= 0.3 is 0 Å². The van der Waals surface area contributed by atoms with Gasteiger partial charge in [-0.25, -0.2) is 4.98 Å². The van der Waals surface area contributed by atoms with Crippen molar-refractivity contribution in [2.45, 2.75) is 31.9 Å². The molecule has 0 spiro atoms. The standard InChI is InChI=1S/C19H20N2O4S/c1-24-13-5-7-14(8-6-13)25-10-12(22)9-21-11-20-18-17(19(21)23)15-3-2-4-16(15)26-18/h5-8,11-12,22H,2-4,9-10H2,1H3/t12-/m1/s1. The molecule has 0 unspecified atom stereocenters. The van der Waals surface area contributed by atoms with E-state index in [1.165, 1.54) is 15.8 Å².